The van der Waals surface area contributed by atoms with Gasteiger partial charge in [0.1, 0.15) is 11.3 Å². The Morgan fingerprint density at radius 2 is 1.85 bits per heavy atom. The quantitative estimate of drug-likeness (QED) is 0.455. The number of nitrogens with zero attached hydrogens (tertiary/aromatic N) is 1. The van der Waals surface area contributed by atoms with Gasteiger partial charge in [0.25, 0.3) is 11.6 Å². The third-order valence-electron chi connectivity index (χ3n) is 3.85. The lowest BCUT2D eigenvalue weighted by atomic mass is 10.1. The molecule has 27 heavy (non-hydrogen) atoms. The Labute approximate surface area is 156 Å². The van der Waals surface area contributed by atoms with Crippen LogP contribution in [0.4, 0.5) is 5.69 Å². The van der Waals surface area contributed by atoms with Crippen molar-refractivity contribution in [2.75, 3.05) is 7.11 Å². The lowest BCUT2D eigenvalue weighted by Crippen LogP contribution is -2.35. The molecule has 8 heteroatoms. The molecular formula is C19H20N2O6. The molecule has 0 aliphatic heterocycles. The molecule has 0 unspecified atom stereocenters. The first-order valence-electron chi connectivity index (χ1n) is 8.18. The van der Waals surface area contributed by atoms with Gasteiger partial charge in [0.15, 0.2) is 6.10 Å². The smallest absolute Gasteiger partial charge is 0.342 e. The van der Waals surface area contributed by atoms with Crippen LogP contribution in [0.5, 0.6) is 5.75 Å². The Balaban J connectivity index is 2.01. The molecule has 0 spiro atoms. The maximum Gasteiger partial charge on any atom is 0.342 e. The fourth-order valence-electron chi connectivity index (χ4n) is 2.29. The second kappa shape index (κ2) is 8.79. The van der Waals surface area contributed by atoms with Crippen LogP contribution in [0.25, 0.3) is 0 Å². The van der Waals surface area contributed by atoms with Crippen LogP contribution in [0.3, 0.4) is 0 Å². The standard InChI is InChI=1S/C19H20N2O6/c1-12-4-6-14(7-5-12)11-20-18(22)13(2)27-19(23)16-10-15(21(24)25)8-9-17(16)26-3/h4-10,13H,11H2,1-3H3,(H,20,22)/t13-/m1/s1. The van der Waals surface area contributed by atoms with Gasteiger partial charge in [-0.15, -0.1) is 0 Å². The number of aryl methyl sites for hydroxylation is 1. The normalized spacial score (nSPS) is 11.4. The second-order valence-electron chi connectivity index (χ2n) is 5.89. The van der Waals surface area contributed by atoms with Crippen LogP contribution in [0.1, 0.15) is 28.4 Å². The van der Waals surface area contributed by atoms with Gasteiger partial charge in [-0.2, -0.15) is 0 Å². The predicted molar refractivity (Wildman–Crippen MR) is 97.6 cm³/mol. The van der Waals surface area contributed by atoms with E-state index in [4.69, 9.17) is 9.47 Å². The van der Waals surface area contributed by atoms with Crippen LogP contribution in [-0.2, 0) is 16.1 Å². The average molecular weight is 372 g/mol. The van der Waals surface area contributed by atoms with E-state index in [9.17, 15) is 19.7 Å². The van der Waals surface area contributed by atoms with Gasteiger partial charge in [-0.25, -0.2) is 4.79 Å². The summed E-state index contributed by atoms with van der Waals surface area (Å²) in [6, 6.07) is 11.2. The molecule has 0 bridgehead atoms. The highest BCUT2D eigenvalue weighted by molar-refractivity contribution is 5.95. The van der Waals surface area contributed by atoms with E-state index in [1.165, 1.54) is 26.2 Å². The topological polar surface area (TPSA) is 108 Å². The first-order valence-corrected chi connectivity index (χ1v) is 8.18. The number of carbonyl (C=O) groups is 2. The molecule has 2 rings (SSSR count). The Kier molecular flexibility index (Phi) is 6.48. The van der Waals surface area contributed by atoms with E-state index in [0.717, 1.165) is 17.2 Å². The van der Waals surface area contributed by atoms with E-state index in [-0.39, 0.29) is 17.0 Å². The molecular weight excluding hydrogens is 352 g/mol. The number of amides is 1. The van der Waals surface area contributed by atoms with Crippen molar-refractivity contribution in [2.45, 2.75) is 26.5 Å². The fourth-order valence-corrected chi connectivity index (χ4v) is 2.29. The molecule has 0 aliphatic carbocycles. The van der Waals surface area contributed by atoms with E-state index >= 15 is 0 Å². The highest BCUT2D eigenvalue weighted by Gasteiger charge is 2.23. The number of nitro groups is 1. The highest BCUT2D eigenvalue weighted by atomic mass is 16.6. The van der Waals surface area contributed by atoms with Crippen LogP contribution < -0.4 is 10.1 Å². The minimum absolute atomic E-state index is 0.120. The minimum Gasteiger partial charge on any atom is -0.496 e. The zero-order valence-electron chi connectivity index (χ0n) is 15.2. The fraction of sp³-hybridized carbons (Fsp3) is 0.263. The largest absolute Gasteiger partial charge is 0.496 e. The Morgan fingerprint density at radius 1 is 1.19 bits per heavy atom. The summed E-state index contributed by atoms with van der Waals surface area (Å²) in [5, 5.41) is 13.6. The Hall–Kier alpha value is -3.42. The SMILES string of the molecule is COc1ccc([N+](=O)[O-])cc1C(=O)O[C@H](C)C(=O)NCc1ccc(C)cc1. The molecule has 0 aliphatic rings. The van der Waals surface area contributed by atoms with Gasteiger partial charge in [0.2, 0.25) is 0 Å². The lowest BCUT2D eigenvalue weighted by Gasteiger charge is -2.15. The lowest BCUT2D eigenvalue weighted by molar-refractivity contribution is -0.384. The molecule has 1 atom stereocenters. The maximum absolute atomic E-state index is 12.3. The molecule has 0 fully saturated rings. The van der Waals surface area contributed by atoms with Gasteiger partial charge in [0, 0.05) is 18.7 Å². The van der Waals surface area contributed by atoms with E-state index in [2.05, 4.69) is 5.32 Å². The zero-order valence-corrected chi connectivity index (χ0v) is 15.2. The Bertz CT molecular complexity index is 848. The summed E-state index contributed by atoms with van der Waals surface area (Å²) in [6.45, 7) is 3.68. The van der Waals surface area contributed by atoms with Crippen molar-refractivity contribution in [3.05, 3.63) is 69.3 Å². The number of hydrogen-bond acceptors (Lipinski definition) is 6. The number of nitro benzene ring substituents is 1. The van der Waals surface area contributed by atoms with Gasteiger partial charge < -0.3 is 14.8 Å². The van der Waals surface area contributed by atoms with Crippen molar-refractivity contribution in [1.82, 2.24) is 5.32 Å². The van der Waals surface area contributed by atoms with Crippen LogP contribution in [-0.4, -0.2) is 30.0 Å². The predicted octanol–water partition coefficient (Wildman–Crippen LogP) is 2.77. The summed E-state index contributed by atoms with van der Waals surface area (Å²) in [6.07, 6.45) is -1.08. The van der Waals surface area contributed by atoms with E-state index in [1.54, 1.807) is 0 Å². The van der Waals surface area contributed by atoms with E-state index < -0.39 is 22.9 Å². The maximum atomic E-state index is 12.3. The monoisotopic (exact) mass is 372 g/mol. The van der Waals surface area contributed by atoms with Crippen LogP contribution >= 0.6 is 0 Å². The molecule has 0 saturated heterocycles. The molecule has 8 nitrogen and oxygen atoms in total. The van der Waals surface area contributed by atoms with Gasteiger partial charge in [-0.1, -0.05) is 29.8 Å². The molecule has 0 aromatic heterocycles. The number of nitrogens with one attached hydrogen (secondary N) is 1. The number of benzene rings is 2. The number of rotatable bonds is 7. The minimum atomic E-state index is -1.08. The van der Waals surface area contributed by atoms with Crippen LogP contribution in [0.2, 0.25) is 0 Å². The summed E-state index contributed by atoms with van der Waals surface area (Å²) < 4.78 is 10.2. The molecule has 1 amide bonds. The van der Waals surface area contributed by atoms with E-state index in [0.29, 0.717) is 6.54 Å². The number of esters is 1. The van der Waals surface area contributed by atoms with Crippen molar-refractivity contribution >= 4 is 17.6 Å². The van der Waals surface area contributed by atoms with E-state index in [1.807, 2.05) is 31.2 Å². The molecule has 1 N–H and O–H groups in total. The first-order chi connectivity index (χ1) is 12.8. The summed E-state index contributed by atoms with van der Waals surface area (Å²) in [5.41, 5.74) is 1.62. The van der Waals surface area contributed by atoms with Crippen molar-refractivity contribution in [2.24, 2.45) is 0 Å². The van der Waals surface area contributed by atoms with Crippen molar-refractivity contribution < 1.29 is 24.0 Å². The van der Waals surface area contributed by atoms with Gasteiger partial charge >= 0.3 is 5.97 Å². The molecule has 2 aromatic rings. The summed E-state index contributed by atoms with van der Waals surface area (Å²) in [4.78, 5) is 34.7. The van der Waals surface area contributed by atoms with Gasteiger partial charge in [-0.3, -0.25) is 14.9 Å². The number of methoxy groups -OCH3 is 1. The first kappa shape index (κ1) is 19.9. The van der Waals surface area contributed by atoms with Crippen molar-refractivity contribution in [3.8, 4) is 5.75 Å². The third-order valence-corrected chi connectivity index (χ3v) is 3.85. The molecule has 0 saturated carbocycles. The van der Waals surface area contributed by atoms with Crippen molar-refractivity contribution in [1.29, 1.82) is 0 Å². The molecule has 0 radical (unpaired) electrons. The van der Waals surface area contributed by atoms with Gasteiger partial charge in [-0.05, 0) is 25.5 Å². The van der Waals surface area contributed by atoms with Gasteiger partial charge in [0.05, 0.1) is 12.0 Å². The summed E-state index contributed by atoms with van der Waals surface area (Å²) >= 11 is 0. The second-order valence-corrected chi connectivity index (χ2v) is 5.89. The molecule has 0 heterocycles. The van der Waals surface area contributed by atoms with Crippen LogP contribution in [0.15, 0.2) is 42.5 Å². The number of carbonyl (C=O) groups excluding carboxylic acids is 2. The zero-order chi connectivity index (χ0) is 20.0. The highest BCUT2D eigenvalue weighted by Crippen LogP contribution is 2.25. The number of hydrogen-bond donors (Lipinski definition) is 1. The van der Waals surface area contributed by atoms with Crippen molar-refractivity contribution in [3.63, 3.8) is 0 Å². The Morgan fingerprint density at radius 3 is 2.44 bits per heavy atom. The average Bonchev–Trinajstić information content (AvgIpc) is 2.66. The number of non-ortho nitro benzene ring substituents is 1. The molecule has 2 aromatic carbocycles. The third kappa shape index (κ3) is 5.27. The molecule has 142 valence electrons. The summed E-state index contributed by atoms with van der Waals surface area (Å²) in [7, 11) is 1.33. The van der Waals surface area contributed by atoms with Crippen LogP contribution in [0, 0.1) is 17.0 Å². The number of ether oxygens (including phenoxy) is 2. The summed E-state index contributed by atoms with van der Waals surface area (Å²) in [5.74, 6) is -1.24.